The van der Waals surface area contributed by atoms with Crippen LogP contribution in [0.25, 0.3) is 0 Å². The molecule has 0 aromatic carbocycles. The third-order valence-electron chi connectivity index (χ3n) is 3.78. The standard InChI is InChI=1S/C14H23N3O2/c1-4-19-10-14(18)16-7-5-13(6-8-16)17-11(2)9-15-12(17)3/h9,13H,4-8,10H2,1-3H3. The lowest BCUT2D eigenvalue weighted by molar-refractivity contribution is -0.137. The van der Waals surface area contributed by atoms with Crippen molar-refractivity contribution >= 4 is 5.91 Å². The third-order valence-corrected chi connectivity index (χ3v) is 3.78. The van der Waals surface area contributed by atoms with Gasteiger partial charge in [0.1, 0.15) is 12.4 Å². The van der Waals surface area contributed by atoms with Crippen molar-refractivity contribution < 1.29 is 9.53 Å². The predicted molar refractivity (Wildman–Crippen MR) is 73.0 cm³/mol. The first-order valence-corrected chi connectivity index (χ1v) is 6.99. The molecule has 1 aliphatic heterocycles. The molecule has 0 bridgehead atoms. The number of likely N-dealkylation sites (tertiary alicyclic amines) is 1. The molecule has 0 atom stereocenters. The van der Waals surface area contributed by atoms with E-state index in [2.05, 4.69) is 16.5 Å². The van der Waals surface area contributed by atoms with Gasteiger partial charge in [-0.05, 0) is 33.6 Å². The molecule has 2 heterocycles. The molecular weight excluding hydrogens is 242 g/mol. The average Bonchev–Trinajstić information content (AvgIpc) is 2.76. The number of nitrogens with zero attached hydrogens (tertiary/aromatic N) is 3. The summed E-state index contributed by atoms with van der Waals surface area (Å²) in [4.78, 5) is 18.1. The first kappa shape index (κ1) is 14.1. The molecule has 0 radical (unpaired) electrons. The van der Waals surface area contributed by atoms with Crippen LogP contribution >= 0.6 is 0 Å². The molecule has 1 amide bonds. The van der Waals surface area contributed by atoms with Crippen molar-refractivity contribution in [3.05, 3.63) is 17.7 Å². The summed E-state index contributed by atoms with van der Waals surface area (Å²) in [6, 6.07) is 0.471. The fraction of sp³-hybridized carbons (Fsp3) is 0.714. The van der Waals surface area contributed by atoms with E-state index in [9.17, 15) is 4.79 Å². The van der Waals surface area contributed by atoms with Crippen LogP contribution in [0.3, 0.4) is 0 Å². The maximum atomic E-state index is 11.9. The summed E-state index contributed by atoms with van der Waals surface area (Å²) < 4.78 is 7.48. The summed E-state index contributed by atoms with van der Waals surface area (Å²) in [5.74, 6) is 1.18. The topological polar surface area (TPSA) is 47.4 Å². The lowest BCUT2D eigenvalue weighted by atomic mass is 10.0. The maximum Gasteiger partial charge on any atom is 0.248 e. The number of hydrogen-bond acceptors (Lipinski definition) is 3. The number of imidazole rings is 1. The summed E-state index contributed by atoms with van der Waals surface area (Å²) in [7, 11) is 0. The van der Waals surface area contributed by atoms with Gasteiger partial charge < -0.3 is 14.2 Å². The average molecular weight is 265 g/mol. The predicted octanol–water partition coefficient (Wildman–Crippen LogP) is 1.70. The van der Waals surface area contributed by atoms with E-state index in [1.807, 2.05) is 24.9 Å². The molecule has 5 heteroatoms. The van der Waals surface area contributed by atoms with Gasteiger partial charge in [-0.2, -0.15) is 0 Å². The Morgan fingerprint density at radius 2 is 2.11 bits per heavy atom. The summed E-state index contributed by atoms with van der Waals surface area (Å²) >= 11 is 0. The Hall–Kier alpha value is -1.36. The summed E-state index contributed by atoms with van der Waals surface area (Å²) in [6.45, 7) is 8.47. The number of aryl methyl sites for hydroxylation is 2. The Bertz CT molecular complexity index is 414. The second kappa shape index (κ2) is 6.19. The first-order valence-electron chi connectivity index (χ1n) is 6.99. The Balaban J connectivity index is 1.91. The number of ether oxygens (including phenoxy) is 1. The van der Waals surface area contributed by atoms with Crippen molar-refractivity contribution in [1.82, 2.24) is 14.5 Å². The van der Waals surface area contributed by atoms with Gasteiger partial charge >= 0.3 is 0 Å². The van der Waals surface area contributed by atoms with Crippen molar-refractivity contribution in [1.29, 1.82) is 0 Å². The molecule has 1 fully saturated rings. The zero-order valence-corrected chi connectivity index (χ0v) is 12.1. The second-order valence-corrected chi connectivity index (χ2v) is 5.07. The highest BCUT2D eigenvalue weighted by molar-refractivity contribution is 5.77. The normalized spacial score (nSPS) is 16.9. The molecule has 0 saturated carbocycles. The number of amides is 1. The van der Waals surface area contributed by atoms with E-state index in [0.717, 1.165) is 31.8 Å². The van der Waals surface area contributed by atoms with Gasteiger partial charge in [-0.1, -0.05) is 0 Å². The number of piperidine rings is 1. The molecular formula is C14H23N3O2. The molecule has 0 N–H and O–H groups in total. The summed E-state index contributed by atoms with van der Waals surface area (Å²) in [5.41, 5.74) is 1.21. The fourth-order valence-corrected chi connectivity index (χ4v) is 2.77. The lowest BCUT2D eigenvalue weighted by Gasteiger charge is -2.33. The van der Waals surface area contributed by atoms with Crippen LogP contribution in [0, 0.1) is 13.8 Å². The molecule has 5 nitrogen and oxygen atoms in total. The van der Waals surface area contributed by atoms with Crippen LogP contribution in [0.15, 0.2) is 6.20 Å². The van der Waals surface area contributed by atoms with E-state index < -0.39 is 0 Å². The Morgan fingerprint density at radius 1 is 1.42 bits per heavy atom. The van der Waals surface area contributed by atoms with Crippen LogP contribution in [-0.4, -0.2) is 46.7 Å². The van der Waals surface area contributed by atoms with Crippen LogP contribution in [-0.2, 0) is 9.53 Å². The molecule has 106 valence electrons. The number of rotatable bonds is 4. The van der Waals surface area contributed by atoms with Crippen molar-refractivity contribution in [3.8, 4) is 0 Å². The fourth-order valence-electron chi connectivity index (χ4n) is 2.77. The highest BCUT2D eigenvalue weighted by Crippen LogP contribution is 2.25. The summed E-state index contributed by atoms with van der Waals surface area (Å²) in [6.07, 6.45) is 3.91. The second-order valence-electron chi connectivity index (χ2n) is 5.07. The minimum Gasteiger partial charge on any atom is -0.372 e. The quantitative estimate of drug-likeness (QED) is 0.832. The zero-order valence-electron chi connectivity index (χ0n) is 12.1. The van der Waals surface area contributed by atoms with E-state index in [-0.39, 0.29) is 12.5 Å². The summed E-state index contributed by atoms with van der Waals surface area (Å²) in [5, 5.41) is 0. The molecule has 19 heavy (non-hydrogen) atoms. The Kier molecular flexibility index (Phi) is 4.58. The van der Waals surface area contributed by atoms with Crippen molar-refractivity contribution in [2.45, 2.75) is 39.7 Å². The third kappa shape index (κ3) is 3.15. The van der Waals surface area contributed by atoms with Crippen LogP contribution in [0.5, 0.6) is 0 Å². The molecule has 1 aromatic heterocycles. The van der Waals surface area contributed by atoms with E-state index in [1.165, 1.54) is 5.69 Å². The van der Waals surface area contributed by atoms with E-state index >= 15 is 0 Å². The molecule has 0 spiro atoms. The number of carbonyl (C=O) groups excluding carboxylic acids is 1. The van der Waals surface area contributed by atoms with Crippen molar-refractivity contribution in [3.63, 3.8) is 0 Å². The number of hydrogen-bond donors (Lipinski definition) is 0. The number of aromatic nitrogens is 2. The van der Waals surface area contributed by atoms with E-state index in [1.54, 1.807) is 0 Å². The Labute approximate surface area is 114 Å². The molecule has 0 aliphatic carbocycles. The van der Waals surface area contributed by atoms with Gasteiger partial charge in [-0.15, -0.1) is 0 Å². The SMILES string of the molecule is CCOCC(=O)N1CCC(n2c(C)cnc2C)CC1. The van der Waals surface area contributed by atoms with Crippen molar-refractivity contribution in [2.75, 3.05) is 26.3 Å². The van der Waals surface area contributed by atoms with Gasteiger partial charge in [0.25, 0.3) is 0 Å². The maximum absolute atomic E-state index is 11.9. The van der Waals surface area contributed by atoms with Gasteiger partial charge in [0.05, 0.1) is 0 Å². The minimum absolute atomic E-state index is 0.111. The van der Waals surface area contributed by atoms with Crippen LogP contribution in [0.4, 0.5) is 0 Å². The lowest BCUT2D eigenvalue weighted by Crippen LogP contribution is -2.41. The first-order chi connectivity index (χ1) is 9.13. The molecule has 0 unspecified atom stereocenters. The molecule has 2 rings (SSSR count). The smallest absolute Gasteiger partial charge is 0.248 e. The van der Waals surface area contributed by atoms with Gasteiger partial charge in [-0.25, -0.2) is 4.98 Å². The largest absolute Gasteiger partial charge is 0.372 e. The molecule has 1 saturated heterocycles. The number of carbonyl (C=O) groups is 1. The van der Waals surface area contributed by atoms with Gasteiger partial charge in [-0.3, -0.25) is 4.79 Å². The van der Waals surface area contributed by atoms with Gasteiger partial charge in [0, 0.05) is 37.6 Å². The minimum atomic E-state index is 0.111. The van der Waals surface area contributed by atoms with Crippen LogP contribution in [0.2, 0.25) is 0 Å². The monoisotopic (exact) mass is 265 g/mol. The zero-order chi connectivity index (χ0) is 13.8. The van der Waals surface area contributed by atoms with Gasteiger partial charge in [0.2, 0.25) is 5.91 Å². The highest BCUT2D eigenvalue weighted by atomic mass is 16.5. The van der Waals surface area contributed by atoms with Crippen molar-refractivity contribution in [2.24, 2.45) is 0 Å². The van der Waals surface area contributed by atoms with E-state index in [0.29, 0.717) is 12.6 Å². The Morgan fingerprint density at radius 3 is 2.63 bits per heavy atom. The molecule has 1 aromatic rings. The van der Waals surface area contributed by atoms with Gasteiger partial charge in [0.15, 0.2) is 0 Å². The van der Waals surface area contributed by atoms with Crippen LogP contribution in [0.1, 0.15) is 37.3 Å². The molecule has 1 aliphatic rings. The highest BCUT2D eigenvalue weighted by Gasteiger charge is 2.25. The van der Waals surface area contributed by atoms with E-state index in [4.69, 9.17) is 4.74 Å². The van der Waals surface area contributed by atoms with Crippen LogP contribution < -0.4 is 0 Å².